The summed E-state index contributed by atoms with van der Waals surface area (Å²) in [5.41, 5.74) is 0.275. The van der Waals surface area contributed by atoms with E-state index in [9.17, 15) is 14.4 Å². The summed E-state index contributed by atoms with van der Waals surface area (Å²) < 4.78 is 10.7. The Balaban J connectivity index is 1.97. The van der Waals surface area contributed by atoms with Gasteiger partial charge < -0.3 is 14.4 Å². The van der Waals surface area contributed by atoms with Gasteiger partial charge in [-0.05, 0) is 39.2 Å². The highest BCUT2D eigenvalue weighted by atomic mass is 16.6. The first kappa shape index (κ1) is 23.8. The minimum atomic E-state index is -0.788. The van der Waals surface area contributed by atoms with Crippen LogP contribution in [0.2, 0.25) is 0 Å². The largest absolute Gasteiger partial charge is 0.467 e. The topological polar surface area (TPSA) is 76.2 Å². The second-order valence-corrected chi connectivity index (χ2v) is 9.41. The van der Waals surface area contributed by atoms with Crippen molar-refractivity contribution in [1.82, 2.24) is 9.80 Å². The Hall–Kier alpha value is -2.83. The normalized spacial score (nSPS) is 24.0. The van der Waals surface area contributed by atoms with Gasteiger partial charge in [-0.2, -0.15) is 0 Å². The number of esters is 1. The molecule has 7 nitrogen and oxygen atoms in total. The van der Waals surface area contributed by atoms with Crippen LogP contribution in [0.3, 0.4) is 0 Å². The van der Waals surface area contributed by atoms with Gasteiger partial charge in [0.25, 0.3) is 0 Å². The Kier molecular flexibility index (Phi) is 7.26. The Bertz CT molecular complexity index is 861. The van der Waals surface area contributed by atoms with E-state index in [0.717, 1.165) is 5.56 Å². The minimum Gasteiger partial charge on any atom is -0.467 e. The van der Waals surface area contributed by atoms with Crippen LogP contribution in [0.1, 0.15) is 46.1 Å². The number of methoxy groups -OCH3 is 1. The molecule has 32 heavy (non-hydrogen) atoms. The number of carbonyl (C=O) groups is 3. The lowest BCUT2D eigenvalue weighted by atomic mass is 9.98. The van der Waals surface area contributed by atoms with Crippen LogP contribution in [-0.4, -0.2) is 65.2 Å². The zero-order chi connectivity index (χ0) is 23.5. The highest BCUT2D eigenvalue weighted by molar-refractivity contribution is 5.91. The van der Waals surface area contributed by atoms with Crippen LogP contribution in [0, 0.1) is 5.92 Å². The quantitative estimate of drug-likeness (QED) is 0.515. The fourth-order valence-corrected chi connectivity index (χ4v) is 4.53. The first-order valence-corrected chi connectivity index (χ1v) is 11.3. The van der Waals surface area contributed by atoms with E-state index in [2.05, 4.69) is 0 Å². The van der Waals surface area contributed by atoms with Gasteiger partial charge in [-0.1, -0.05) is 49.4 Å². The summed E-state index contributed by atoms with van der Waals surface area (Å²) in [4.78, 5) is 42.9. The van der Waals surface area contributed by atoms with Crippen molar-refractivity contribution in [2.45, 2.75) is 70.7 Å². The molecule has 0 radical (unpaired) electrons. The van der Waals surface area contributed by atoms with Crippen LogP contribution in [0.25, 0.3) is 0 Å². The van der Waals surface area contributed by atoms with Crippen LogP contribution >= 0.6 is 0 Å². The van der Waals surface area contributed by atoms with E-state index < -0.39 is 29.7 Å². The Labute approximate surface area is 190 Å². The van der Waals surface area contributed by atoms with Crippen LogP contribution in [-0.2, 0) is 25.5 Å². The van der Waals surface area contributed by atoms with Crippen molar-refractivity contribution in [2.75, 3.05) is 13.7 Å². The number of benzene rings is 1. The summed E-state index contributed by atoms with van der Waals surface area (Å²) in [6.45, 7) is 7.84. The lowest BCUT2D eigenvalue weighted by Crippen LogP contribution is -2.57. The number of fused-ring (bicyclic) bond motifs is 1. The summed E-state index contributed by atoms with van der Waals surface area (Å²) in [5.74, 6) is -0.806. The van der Waals surface area contributed by atoms with Gasteiger partial charge in [0.05, 0.1) is 13.2 Å². The predicted octanol–water partition coefficient (Wildman–Crippen LogP) is 3.57. The van der Waals surface area contributed by atoms with E-state index >= 15 is 0 Å². The molecule has 2 aliphatic heterocycles. The summed E-state index contributed by atoms with van der Waals surface area (Å²) >= 11 is 0. The maximum absolute atomic E-state index is 14.0. The number of amides is 2. The highest BCUT2D eigenvalue weighted by Crippen LogP contribution is 2.34. The fraction of sp³-hybridized carbons (Fsp3) is 0.560. The summed E-state index contributed by atoms with van der Waals surface area (Å²) in [7, 11) is 1.34. The lowest BCUT2D eigenvalue weighted by Gasteiger charge is -2.38. The van der Waals surface area contributed by atoms with Crippen molar-refractivity contribution >= 4 is 18.0 Å². The molecule has 2 amide bonds. The van der Waals surface area contributed by atoms with E-state index in [-0.39, 0.29) is 17.9 Å². The molecule has 0 bridgehead atoms. The van der Waals surface area contributed by atoms with E-state index in [1.165, 1.54) is 12.0 Å². The maximum Gasteiger partial charge on any atom is 0.410 e. The van der Waals surface area contributed by atoms with Gasteiger partial charge in [-0.25, -0.2) is 9.59 Å². The zero-order valence-corrected chi connectivity index (χ0v) is 19.6. The van der Waals surface area contributed by atoms with Crippen LogP contribution in [0.5, 0.6) is 0 Å². The van der Waals surface area contributed by atoms with Crippen LogP contribution in [0.4, 0.5) is 4.79 Å². The zero-order valence-electron chi connectivity index (χ0n) is 19.6. The molecule has 1 aromatic rings. The second kappa shape index (κ2) is 9.76. The number of rotatable bonds is 5. The van der Waals surface area contributed by atoms with Crippen molar-refractivity contribution in [3.63, 3.8) is 0 Å². The molecule has 0 aliphatic carbocycles. The molecule has 3 rings (SSSR count). The Morgan fingerprint density at radius 3 is 2.44 bits per heavy atom. The molecular weight excluding hydrogens is 408 g/mol. The third-order valence-corrected chi connectivity index (χ3v) is 6.02. The molecular formula is C25H34N2O5. The van der Waals surface area contributed by atoms with Gasteiger partial charge in [0.1, 0.15) is 17.7 Å². The number of carbonyl (C=O) groups excluding carboxylic acids is 3. The molecule has 0 N–H and O–H groups in total. The van der Waals surface area contributed by atoms with Gasteiger partial charge >= 0.3 is 12.1 Å². The minimum absolute atomic E-state index is 0.107. The summed E-state index contributed by atoms with van der Waals surface area (Å²) in [5, 5.41) is 0. The Morgan fingerprint density at radius 2 is 1.84 bits per heavy atom. The van der Waals surface area contributed by atoms with E-state index in [0.29, 0.717) is 25.8 Å². The lowest BCUT2D eigenvalue weighted by molar-refractivity contribution is -0.156. The number of hydrogen-bond acceptors (Lipinski definition) is 5. The molecule has 1 unspecified atom stereocenters. The number of nitrogens with zero attached hydrogens (tertiary/aromatic N) is 2. The molecule has 174 valence electrons. The highest BCUT2D eigenvalue weighted by Gasteiger charge is 2.48. The van der Waals surface area contributed by atoms with Crippen molar-refractivity contribution in [1.29, 1.82) is 0 Å². The maximum atomic E-state index is 14.0. The molecule has 0 saturated carbocycles. The first-order chi connectivity index (χ1) is 15.2. The average molecular weight is 443 g/mol. The smallest absolute Gasteiger partial charge is 0.410 e. The van der Waals surface area contributed by atoms with Gasteiger partial charge in [-0.15, -0.1) is 0 Å². The standard InChI is InChI=1S/C25H34N2O5/c1-6-19-13-12-18-14-15-26(24(30)32-25(2,3)4)21(18)22(28)27(19)20(23(29)31-5)16-17-10-8-7-9-11-17/h7-13,18-21H,6,14-16H2,1-5H3/t18-,19-,20?,21-/m1/s1. The van der Waals surface area contributed by atoms with Gasteiger partial charge in [0.2, 0.25) is 5.91 Å². The average Bonchev–Trinajstić information content (AvgIpc) is 3.12. The molecule has 1 saturated heterocycles. The molecule has 2 heterocycles. The van der Waals surface area contributed by atoms with Gasteiger partial charge in [0.15, 0.2) is 0 Å². The SMILES string of the molecule is CC[C@@H]1C=C[C@@H]2CCN(C(=O)OC(C)(C)C)[C@H]2C(=O)N1C(Cc1ccccc1)C(=O)OC. The van der Waals surface area contributed by atoms with Crippen molar-refractivity contribution in [2.24, 2.45) is 5.92 Å². The van der Waals surface area contributed by atoms with E-state index in [1.807, 2.05) is 49.4 Å². The van der Waals surface area contributed by atoms with E-state index in [1.54, 1.807) is 25.7 Å². The fourth-order valence-electron chi connectivity index (χ4n) is 4.53. The first-order valence-electron chi connectivity index (χ1n) is 11.3. The third kappa shape index (κ3) is 5.14. The van der Waals surface area contributed by atoms with Crippen molar-refractivity contribution in [3.8, 4) is 0 Å². The second-order valence-electron chi connectivity index (χ2n) is 9.41. The molecule has 2 aliphatic rings. The van der Waals surface area contributed by atoms with Gasteiger partial charge in [-0.3, -0.25) is 9.69 Å². The third-order valence-electron chi connectivity index (χ3n) is 6.02. The molecule has 0 spiro atoms. The van der Waals surface area contributed by atoms with Crippen molar-refractivity contribution < 1.29 is 23.9 Å². The number of ether oxygens (including phenoxy) is 2. The molecule has 4 atom stereocenters. The van der Waals surface area contributed by atoms with Crippen LogP contribution < -0.4 is 0 Å². The molecule has 1 fully saturated rings. The molecule has 7 heteroatoms. The monoisotopic (exact) mass is 442 g/mol. The van der Waals surface area contributed by atoms with E-state index in [4.69, 9.17) is 9.47 Å². The van der Waals surface area contributed by atoms with Gasteiger partial charge in [0, 0.05) is 18.9 Å². The molecule has 0 aromatic heterocycles. The van der Waals surface area contributed by atoms with Crippen molar-refractivity contribution in [3.05, 3.63) is 48.0 Å². The number of likely N-dealkylation sites (tertiary alicyclic amines) is 1. The summed E-state index contributed by atoms with van der Waals surface area (Å²) in [6.07, 6.45) is 5.20. The summed E-state index contributed by atoms with van der Waals surface area (Å²) in [6, 6.07) is 7.84. The predicted molar refractivity (Wildman–Crippen MR) is 121 cm³/mol. The van der Waals surface area contributed by atoms with Crippen LogP contribution in [0.15, 0.2) is 42.5 Å². The molecule has 1 aromatic carbocycles. The number of hydrogen-bond donors (Lipinski definition) is 0. The Morgan fingerprint density at radius 1 is 1.16 bits per heavy atom.